The maximum absolute atomic E-state index is 11.7. The molecule has 0 saturated carbocycles. The van der Waals surface area contributed by atoms with Gasteiger partial charge in [-0.25, -0.2) is 4.79 Å². The van der Waals surface area contributed by atoms with E-state index in [-0.39, 0.29) is 11.3 Å². The molecule has 7 heteroatoms. The lowest BCUT2D eigenvalue weighted by atomic mass is 9.92. The van der Waals surface area contributed by atoms with E-state index < -0.39 is 17.8 Å². The Morgan fingerprint density at radius 1 is 1.17 bits per heavy atom. The van der Waals surface area contributed by atoms with E-state index in [0.29, 0.717) is 10.6 Å². The van der Waals surface area contributed by atoms with E-state index in [0.717, 1.165) is 4.90 Å². The van der Waals surface area contributed by atoms with Crippen LogP contribution in [0.3, 0.4) is 0 Å². The van der Waals surface area contributed by atoms with E-state index >= 15 is 0 Å². The number of aromatic nitrogens is 1. The Morgan fingerprint density at radius 2 is 1.78 bits per heavy atom. The molecule has 0 aliphatic carbocycles. The number of hydrogen-bond donors (Lipinski definition) is 0. The number of likely N-dealkylation sites (N-methyl/N-ethyl adjacent to an activating group) is 1. The van der Waals surface area contributed by atoms with Gasteiger partial charge in [0.05, 0.1) is 5.69 Å². The van der Waals surface area contributed by atoms with Gasteiger partial charge in [0.2, 0.25) is 5.88 Å². The Hall–Kier alpha value is -2.18. The van der Waals surface area contributed by atoms with Crippen LogP contribution in [0.2, 0.25) is 0 Å². The molecule has 7 nitrogen and oxygen atoms in total. The molecule has 18 heavy (non-hydrogen) atoms. The highest BCUT2D eigenvalue weighted by Crippen LogP contribution is 2.28. The number of anilines is 1. The fourth-order valence-corrected chi connectivity index (χ4v) is 1.48. The number of urea groups is 1. The predicted octanol–water partition coefficient (Wildman–Crippen LogP) is 0.897. The Labute approximate surface area is 103 Å². The molecule has 0 spiro atoms. The van der Waals surface area contributed by atoms with Gasteiger partial charge >= 0.3 is 17.8 Å². The Kier molecular flexibility index (Phi) is 2.50. The number of rotatable bonds is 1. The first-order valence-electron chi connectivity index (χ1n) is 5.37. The van der Waals surface area contributed by atoms with Crippen molar-refractivity contribution in [3.63, 3.8) is 0 Å². The second-order valence-corrected chi connectivity index (χ2v) is 5.09. The van der Waals surface area contributed by atoms with Gasteiger partial charge < -0.3 is 4.52 Å². The zero-order valence-electron chi connectivity index (χ0n) is 10.6. The van der Waals surface area contributed by atoms with Crippen molar-refractivity contribution in [2.75, 3.05) is 11.9 Å². The first-order valence-corrected chi connectivity index (χ1v) is 5.37. The third-order valence-electron chi connectivity index (χ3n) is 2.66. The molecule has 0 radical (unpaired) electrons. The summed E-state index contributed by atoms with van der Waals surface area (Å²) in [5.41, 5.74) is 0.323. The topological polar surface area (TPSA) is 83.7 Å². The SMILES string of the molecule is CN1C(=O)C(=O)N(c2cc(C(C)(C)C)no2)C1=O. The molecule has 1 fully saturated rings. The van der Waals surface area contributed by atoms with Crippen LogP contribution in [0.5, 0.6) is 0 Å². The number of amides is 4. The molecule has 1 aliphatic heterocycles. The van der Waals surface area contributed by atoms with Crippen LogP contribution in [0.1, 0.15) is 26.5 Å². The molecule has 2 rings (SSSR count). The maximum atomic E-state index is 11.7. The summed E-state index contributed by atoms with van der Waals surface area (Å²) in [5, 5.41) is 3.80. The van der Waals surface area contributed by atoms with Crippen LogP contribution >= 0.6 is 0 Å². The van der Waals surface area contributed by atoms with Gasteiger partial charge in [0.15, 0.2) is 0 Å². The molecule has 0 N–H and O–H groups in total. The van der Waals surface area contributed by atoms with Crippen LogP contribution in [0.25, 0.3) is 0 Å². The highest BCUT2D eigenvalue weighted by atomic mass is 16.5. The molecule has 2 heterocycles. The smallest absolute Gasteiger partial charge is 0.337 e. The average molecular weight is 251 g/mol. The van der Waals surface area contributed by atoms with Gasteiger partial charge in [-0.2, -0.15) is 4.90 Å². The summed E-state index contributed by atoms with van der Waals surface area (Å²) in [6.07, 6.45) is 0. The zero-order chi connectivity index (χ0) is 13.7. The maximum Gasteiger partial charge on any atom is 0.341 e. The second-order valence-electron chi connectivity index (χ2n) is 5.09. The van der Waals surface area contributed by atoms with Crippen molar-refractivity contribution in [2.24, 2.45) is 0 Å². The van der Waals surface area contributed by atoms with Crippen LogP contribution in [-0.2, 0) is 15.0 Å². The van der Waals surface area contributed by atoms with Crippen molar-refractivity contribution < 1.29 is 18.9 Å². The van der Waals surface area contributed by atoms with Gasteiger partial charge in [-0.3, -0.25) is 14.5 Å². The van der Waals surface area contributed by atoms with Crippen LogP contribution in [0.15, 0.2) is 10.6 Å². The molecule has 0 atom stereocenters. The normalized spacial score (nSPS) is 17.0. The first kappa shape index (κ1) is 12.3. The molecule has 0 aromatic carbocycles. The van der Waals surface area contributed by atoms with Gasteiger partial charge in [-0.15, -0.1) is 0 Å². The lowest BCUT2D eigenvalue weighted by molar-refractivity contribution is -0.138. The third kappa shape index (κ3) is 1.68. The number of hydrogen-bond acceptors (Lipinski definition) is 5. The highest BCUT2D eigenvalue weighted by Gasteiger charge is 2.45. The van der Waals surface area contributed by atoms with Crippen LogP contribution < -0.4 is 4.90 Å². The third-order valence-corrected chi connectivity index (χ3v) is 2.66. The van der Waals surface area contributed by atoms with E-state index in [1.54, 1.807) is 0 Å². The largest absolute Gasteiger partial charge is 0.341 e. The lowest BCUT2D eigenvalue weighted by Gasteiger charge is -2.12. The van der Waals surface area contributed by atoms with Gasteiger partial charge in [0, 0.05) is 18.5 Å². The molecule has 0 unspecified atom stereocenters. The van der Waals surface area contributed by atoms with E-state index in [9.17, 15) is 14.4 Å². The minimum atomic E-state index is -0.931. The summed E-state index contributed by atoms with van der Waals surface area (Å²) in [4.78, 5) is 36.1. The number of nitrogens with zero attached hydrogens (tertiary/aromatic N) is 3. The van der Waals surface area contributed by atoms with Gasteiger partial charge in [-0.1, -0.05) is 25.9 Å². The molecule has 1 saturated heterocycles. The van der Waals surface area contributed by atoms with Crippen LogP contribution in [-0.4, -0.2) is 34.9 Å². The Morgan fingerprint density at radius 3 is 2.17 bits per heavy atom. The van der Waals surface area contributed by atoms with E-state index in [4.69, 9.17) is 4.52 Å². The fourth-order valence-electron chi connectivity index (χ4n) is 1.48. The van der Waals surface area contributed by atoms with Crippen LogP contribution in [0.4, 0.5) is 10.7 Å². The summed E-state index contributed by atoms with van der Waals surface area (Å²) in [5.74, 6) is -1.85. The highest BCUT2D eigenvalue weighted by molar-refractivity contribution is 6.52. The summed E-state index contributed by atoms with van der Waals surface area (Å²) in [7, 11) is 1.24. The summed E-state index contributed by atoms with van der Waals surface area (Å²) in [6, 6.07) is 0.754. The summed E-state index contributed by atoms with van der Waals surface area (Å²) >= 11 is 0. The Bertz CT molecular complexity index is 541. The van der Waals surface area contributed by atoms with Gasteiger partial charge in [0.25, 0.3) is 0 Å². The molecule has 1 aliphatic rings. The predicted molar refractivity (Wildman–Crippen MR) is 60.9 cm³/mol. The molecular formula is C11H13N3O4. The van der Waals surface area contributed by atoms with Crippen molar-refractivity contribution in [2.45, 2.75) is 26.2 Å². The van der Waals surface area contributed by atoms with Crippen molar-refractivity contribution in [1.29, 1.82) is 0 Å². The minimum Gasteiger partial charge on any atom is -0.337 e. The van der Waals surface area contributed by atoms with Crippen molar-refractivity contribution >= 4 is 23.7 Å². The van der Waals surface area contributed by atoms with Crippen LogP contribution in [0, 0.1) is 0 Å². The van der Waals surface area contributed by atoms with E-state index in [1.165, 1.54) is 13.1 Å². The monoisotopic (exact) mass is 251 g/mol. The summed E-state index contributed by atoms with van der Waals surface area (Å²) < 4.78 is 4.97. The summed E-state index contributed by atoms with van der Waals surface area (Å²) in [6.45, 7) is 5.75. The van der Waals surface area contributed by atoms with Crippen molar-refractivity contribution in [3.8, 4) is 0 Å². The number of imide groups is 2. The van der Waals surface area contributed by atoms with Gasteiger partial charge in [0.1, 0.15) is 0 Å². The second kappa shape index (κ2) is 3.66. The average Bonchev–Trinajstić information content (AvgIpc) is 2.81. The standard InChI is InChI=1S/C11H13N3O4/c1-11(2,3)6-5-7(18-12-6)14-9(16)8(15)13(4)10(14)17/h5H,1-4H3. The van der Waals surface area contributed by atoms with Crippen molar-refractivity contribution in [3.05, 3.63) is 11.8 Å². The number of carbonyl (C=O) groups is 3. The molecule has 1 aromatic rings. The van der Waals surface area contributed by atoms with E-state index in [1.807, 2.05) is 20.8 Å². The first-order chi connectivity index (χ1) is 8.23. The fraction of sp³-hybridized carbons (Fsp3) is 0.455. The molecule has 1 aromatic heterocycles. The quantitative estimate of drug-likeness (QED) is 0.547. The molecule has 0 bridgehead atoms. The lowest BCUT2D eigenvalue weighted by Crippen LogP contribution is -2.31. The molecular weight excluding hydrogens is 238 g/mol. The molecule has 96 valence electrons. The van der Waals surface area contributed by atoms with Gasteiger partial charge in [-0.05, 0) is 0 Å². The minimum absolute atomic E-state index is 0.0346. The van der Waals surface area contributed by atoms with Crippen molar-refractivity contribution in [1.82, 2.24) is 10.1 Å². The molecule has 4 amide bonds. The number of carbonyl (C=O) groups excluding carboxylic acids is 3. The van der Waals surface area contributed by atoms with E-state index in [2.05, 4.69) is 5.16 Å². The zero-order valence-corrected chi connectivity index (χ0v) is 10.6. The Balaban J connectivity index is 2.39.